The Bertz CT molecular complexity index is 665. The highest BCUT2D eigenvalue weighted by molar-refractivity contribution is 9.11. The molecule has 0 atom stereocenters. The number of hydrogen-bond acceptors (Lipinski definition) is 3. The molecule has 1 aromatic carbocycles. The number of thiophene rings is 1. The first-order valence-electron chi connectivity index (χ1n) is 5.78. The summed E-state index contributed by atoms with van der Waals surface area (Å²) in [7, 11) is -3.38. The molecule has 6 heteroatoms. The van der Waals surface area contributed by atoms with Crippen LogP contribution < -0.4 is 4.72 Å². The summed E-state index contributed by atoms with van der Waals surface area (Å²) in [6.07, 6.45) is 0.693. The molecule has 2 rings (SSSR count). The van der Waals surface area contributed by atoms with E-state index >= 15 is 0 Å². The lowest BCUT2D eigenvalue weighted by atomic mass is 10.1. The Balaban J connectivity index is 1.98. The third-order valence-corrected chi connectivity index (χ3v) is 6.34. The number of hydrogen-bond donors (Lipinski definition) is 1. The molecule has 0 fully saturated rings. The van der Waals surface area contributed by atoms with Gasteiger partial charge in [-0.2, -0.15) is 0 Å². The summed E-state index contributed by atoms with van der Waals surface area (Å²) < 4.78 is 27.8. The normalized spacial score (nSPS) is 11.7. The number of nitrogens with one attached hydrogen (secondary N) is 1. The molecule has 0 saturated carbocycles. The van der Waals surface area contributed by atoms with E-state index in [1.165, 1.54) is 16.9 Å². The lowest BCUT2D eigenvalue weighted by Crippen LogP contribution is -2.25. The number of rotatable bonds is 5. The molecule has 0 bridgehead atoms. The summed E-state index contributed by atoms with van der Waals surface area (Å²) in [5, 5.41) is 0. The Morgan fingerprint density at radius 2 is 1.95 bits per heavy atom. The van der Waals surface area contributed by atoms with Crippen molar-refractivity contribution in [2.45, 2.75) is 17.6 Å². The lowest BCUT2D eigenvalue weighted by Gasteiger charge is -2.07. The van der Waals surface area contributed by atoms with Gasteiger partial charge in [0.1, 0.15) is 4.21 Å². The number of halogens is 1. The highest BCUT2D eigenvalue weighted by atomic mass is 79.9. The second-order valence-electron chi connectivity index (χ2n) is 4.13. The molecule has 1 N–H and O–H groups in total. The summed E-state index contributed by atoms with van der Waals surface area (Å²) in [5.74, 6) is 0. The smallest absolute Gasteiger partial charge is 0.210 e. The van der Waals surface area contributed by atoms with Crippen molar-refractivity contribution in [1.29, 1.82) is 0 Å². The molecule has 19 heavy (non-hydrogen) atoms. The molecule has 2 aromatic rings. The minimum Gasteiger partial charge on any atom is -0.210 e. The van der Waals surface area contributed by atoms with Gasteiger partial charge in [0.25, 0.3) is 0 Å². The van der Waals surface area contributed by atoms with Gasteiger partial charge in [-0.15, -0.1) is 11.3 Å². The van der Waals surface area contributed by atoms with E-state index in [-0.39, 0.29) is 0 Å². The van der Waals surface area contributed by atoms with Gasteiger partial charge in [0, 0.05) is 6.54 Å². The molecule has 0 radical (unpaired) electrons. The van der Waals surface area contributed by atoms with Gasteiger partial charge in [-0.05, 0) is 52.5 Å². The first-order valence-corrected chi connectivity index (χ1v) is 8.88. The summed E-state index contributed by atoms with van der Waals surface area (Å²) in [6, 6.07) is 11.3. The molecule has 102 valence electrons. The van der Waals surface area contributed by atoms with Crippen LogP contribution in [0.25, 0.3) is 0 Å². The van der Waals surface area contributed by atoms with Crippen molar-refractivity contribution in [3.63, 3.8) is 0 Å². The van der Waals surface area contributed by atoms with Crippen LogP contribution in [0.4, 0.5) is 0 Å². The quantitative estimate of drug-likeness (QED) is 0.889. The Morgan fingerprint density at radius 1 is 1.21 bits per heavy atom. The zero-order valence-corrected chi connectivity index (χ0v) is 13.6. The first-order chi connectivity index (χ1) is 8.99. The first kappa shape index (κ1) is 14.7. The largest absolute Gasteiger partial charge is 0.250 e. The molecule has 3 nitrogen and oxygen atoms in total. The average Bonchev–Trinajstić information content (AvgIpc) is 2.79. The van der Waals surface area contributed by atoms with E-state index in [2.05, 4.69) is 20.7 Å². The highest BCUT2D eigenvalue weighted by Crippen LogP contribution is 2.25. The Morgan fingerprint density at radius 3 is 2.58 bits per heavy atom. The molecule has 0 amide bonds. The molecule has 0 aliphatic rings. The Labute approximate surface area is 125 Å². The van der Waals surface area contributed by atoms with Gasteiger partial charge in [0.2, 0.25) is 10.0 Å². The predicted octanol–water partition coefficient (Wildman–Crippen LogP) is 3.34. The zero-order chi connectivity index (χ0) is 13.9. The standard InChI is InChI=1S/C13H14BrNO2S2/c1-10-4-2-3-5-11(10)8-9-15-19(16,17)13-7-6-12(14)18-13/h2-7,15H,8-9H2,1H3. The van der Waals surface area contributed by atoms with Gasteiger partial charge in [-0.1, -0.05) is 24.3 Å². The van der Waals surface area contributed by atoms with Gasteiger partial charge in [-0.3, -0.25) is 0 Å². The van der Waals surface area contributed by atoms with E-state index in [1.807, 2.05) is 31.2 Å². The third-order valence-electron chi connectivity index (χ3n) is 2.76. The predicted molar refractivity (Wildman–Crippen MR) is 82.1 cm³/mol. The molecule has 0 saturated heterocycles. The fourth-order valence-electron chi connectivity index (χ4n) is 1.72. The van der Waals surface area contributed by atoms with E-state index in [1.54, 1.807) is 12.1 Å². The third kappa shape index (κ3) is 3.89. The van der Waals surface area contributed by atoms with E-state index in [4.69, 9.17) is 0 Å². The average molecular weight is 360 g/mol. The highest BCUT2D eigenvalue weighted by Gasteiger charge is 2.15. The maximum atomic E-state index is 12.0. The summed E-state index contributed by atoms with van der Waals surface area (Å²) in [4.78, 5) is 0. The second kappa shape index (κ2) is 6.17. The summed E-state index contributed by atoms with van der Waals surface area (Å²) >= 11 is 4.48. The molecular formula is C13H14BrNO2S2. The molecule has 0 unspecified atom stereocenters. The second-order valence-corrected chi connectivity index (χ2v) is 8.59. The number of sulfonamides is 1. The lowest BCUT2D eigenvalue weighted by molar-refractivity contribution is 0.583. The van der Waals surface area contributed by atoms with Crippen LogP contribution >= 0.6 is 27.3 Å². The van der Waals surface area contributed by atoms with E-state index < -0.39 is 10.0 Å². The summed E-state index contributed by atoms with van der Waals surface area (Å²) in [6.45, 7) is 2.43. The van der Waals surface area contributed by atoms with Gasteiger partial charge >= 0.3 is 0 Å². The SMILES string of the molecule is Cc1ccccc1CCNS(=O)(=O)c1ccc(Br)s1. The molecule has 0 aliphatic carbocycles. The van der Waals surface area contributed by atoms with Crippen LogP contribution in [-0.4, -0.2) is 15.0 Å². The maximum Gasteiger partial charge on any atom is 0.250 e. The van der Waals surface area contributed by atoms with E-state index in [0.717, 1.165) is 9.35 Å². The van der Waals surface area contributed by atoms with Crippen molar-refractivity contribution >= 4 is 37.3 Å². The fourth-order valence-corrected chi connectivity index (χ4v) is 4.81. The molecule has 0 aliphatic heterocycles. The topological polar surface area (TPSA) is 46.2 Å². The van der Waals surface area contributed by atoms with E-state index in [9.17, 15) is 8.42 Å². The minimum atomic E-state index is -3.38. The van der Waals surface area contributed by atoms with Crippen molar-refractivity contribution in [3.05, 3.63) is 51.3 Å². The molecule has 1 aromatic heterocycles. The van der Waals surface area contributed by atoms with Crippen LogP contribution in [0, 0.1) is 6.92 Å². The van der Waals surface area contributed by atoms with Crippen LogP contribution in [0.2, 0.25) is 0 Å². The van der Waals surface area contributed by atoms with Crippen LogP contribution in [0.3, 0.4) is 0 Å². The van der Waals surface area contributed by atoms with Crippen LogP contribution in [0.5, 0.6) is 0 Å². The van der Waals surface area contributed by atoms with Crippen molar-refractivity contribution < 1.29 is 8.42 Å². The van der Waals surface area contributed by atoms with Crippen LogP contribution in [-0.2, 0) is 16.4 Å². The number of benzene rings is 1. The van der Waals surface area contributed by atoms with Crippen molar-refractivity contribution in [2.24, 2.45) is 0 Å². The van der Waals surface area contributed by atoms with Crippen LogP contribution in [0.15, 0.2) is 44.4 Å². The Kier molecular flexibility index (Phi) is 4.78. The van der Waals surface area contributed by atoms with Gasteiger partial charge < -0.3 is 0 Å². The van der Waals surface area contributed by atoms with Gasteiger partial charge in [-0.25, -0.2) is 13.1 Å². The van der Waals surface area contributed by atoms with E-state index in [0.29, 0.717) is 17.2 Å². The molecule has 1 heterocycles. The van der Waals surface area contributed by atoms with Gasteiger partial charge in [0.15, 0.2) is 0 Å². The minimum absolute atomic E-state index is 0.337. The number of aryl methyl sites for hydroxylation is 1. The maximum absolute atomic E-state index is 12.0. The Hall–Kier alpha value is -0.690. The molecular weight excluding hydrogens is 346 g/mol. The van der Waals surface area contributed by atoms with Crippen molar-refractivity contribution in [3.8, 4) is 0 Å². The van der Waals surface area contributed by atoms with Crippen molar-refractivity contribution in [1.82, 2.24) is 4.72 Å². The van der Waals surface area contributed by atoms with Crippen molar-refractivity contribution in [2.75, 3.05) is 6.54 Å². The molecule has 0 spiro atoms. The summed E-state index contributed by atoms with van der Waals surface area (Å²) in [5.41, 5.74) is 2.35. The van der Waals surface area contributed by atoms with Gasteiger partial charge in [0.05, 0.1) is 3.79 Å². The fraction of sp³-hybridized carbons (Fsp3) is 0.231. The monoisotopic (exact) mass is 359 g/mol. The van der Waals surface area contributed by atoms with Crippen LogP contribution in [0.1, 0.15) is 11.1 Å². The zero-order valence-electron chi connectivity index (χ0n) is 10.4.